The van der Waals surface area contributed by atoms with Gasteiger partial charge in [0.15, 0.2) is 0 Å². The van der Waals surface area contributed by atoms with Crippen LogP contribution >= 0.6 is 0 Å². The minimum Gasteiger partial charge on any atom is -0.364 e. The summed E-state index contributed by atoms with van der Waals surface area (Å²) in [4.78, 5) is 0. The molecular formula is C12H13F2N3. The average Bonchev–Trinajstić information content (AvgIpc) is 2.78. The highest BCUT2D eigenvalue weighted by molar-refractivity contribution is 5.34. The largest absolute Gasteiger partial charge is 0.364 e. The molecule has 0 bridgehead atoms. The highest BCUT2D eigenvalue weighted by atomic mass is 19.1. The number of anilines is 1. The van der Waals surface area contributed by atoms with Crippen molar-refractivity contribution in [2.24, 2.45) is 0 Å². The van der Waals surface area contributed by atoms with Gasteiger partial charge in [0.1, 0.15) is 17.5 Å². The van der Waals surface area contributed by atoms with E-state index in [2.05, 4.69) is 10.4 Å². The zero-order valence-electron chi connectivity index (χ0n) is 9.45. The number of hydrogen-bond acceptors (Lipinski definition) is 2. The molecular weight excluding hydrogens is 224 g/mol. The van der Waals surface area contributed by atoms with E-state index in [9.17, 15) is 8.78 Å². The van der Waals surface area contributed by atoms with Crippen molar-refractivity contribution in [1.29, 1.82) is 0 Å². The third kappa shape index (κ3) is 2.81. The third-order valence-electron chi connectivity index (χ3n) is 2.43. The van der Waals surface area contributed by atoms with Crippen molar-refractivity contribution in [2.75, 3.05) is 5.32 Å². The summed E-state index contributed by atoms with van der Waals surface area (Å²) in [5.74, 6) is -0.216. The van der Waals surface area contributed by atoms with Gasteiger partial charge in [-0.05, 0) is 25.1 Å². The topological polar surface area (TPSA) is 29.9 Å². The van der Waals surface area contributed by atoms with Crippen molar-refractivity contribution in [3.63, 3.8) is 0 Å². The molecule has 0 saturated carbocycles. The van der Waals surface area contributed by atoms with Crippen LogP contribution in [0.1, 0.15) is 12.5 Å². The lowest BCUT2D eigenvalue weighted by molar-refractivity contribution is 0.587. The number of nitrogens with one attached hydrogen (secondary N) is 1. The molecule has 3 nitrogen and oxygen atoms in total. The normalized spacial score (nSPS) is 10.5. The van der Waals surface area contributed by atoms with Gasteiger partial charge in [0.05, 0.1) is 0 Å². The zero-order valence-corrected chi connectivity index (χ0v) is 9.45. The SMILES string of the molecule is CCn1ccc(NCc2cc(F)ccc2F)n1. The first-order valence-corrected chi connectivity index (χ1v) is 5.40. The van der Waals surface area contributed by atoms with E-state index in [4.69, 9.17) is 0 Å². The maximum Gasteiger partial charge on any atom is 0.148 e. The molecule has 17 heavy (non-hydrogen) atoms. The first-order chi connectivity index (χ1) is 8.19. The van der Waals surface area contributed by atoms with Crippen LogP contribution in [0.5, 0.6) is 0 Å². The minimum absolute atomic E-state index is 0.213. The number of rotatable bonds is 4. The Morgan fingerprint density at radius 2 is 2.12 bits per heavy atom. The van der Waals surface area contributed by atoms with Crippen molar-refractivity contribution in [1.82, 2.24) is 9.78 Å². The molecule has 1 heterocycles. The summed E-state index contributed by atoms with van der Waals surface area (Å²) >= 11 is 0. The lowest BCUT2D eigenvalue weighted by Gasteiger charge is -2.04. The molecule has 2 aromatic rings. The van der Waals surface area contributed by atoms with Gasteiger partial charge in [0.25, 0.3) is 0 Å². The third-order valence-corrected chi connectivity index (χ3v) is 2.43. The van der Waals surface area contributed by atoms with Crippen LogP contribution < -0.4 is 5.32 Å². The molecule has 0 aliphatic heterocycles. The molecule has 1 aromatic heterocycles. The molecule has 2 rings (SSSR count). The molecule has 0 aliphatic carbocycles. The Bertz CT molecular complexity index is 508. The van der Waals surface area contributed by atoms with E-state index in [-0.39, 0.29) is 12.1 Å². The molecule has 0 aliphatic rings. The molecule has 90 valence electrons. The minimum atomic E-state index is -0.442. The van der Waals surface area contributed by atoms with Crippen molar-refractivity contribution in [2.45, 2.75) is 20.0 Å². The number of benzene rings is 1. The Morgan fingerprint density at radius 1 is 1.29 bits per heavy atom. The van der Waals surface area contributed by atoms with Crippen LogP contribution in [0.2, 0.25) is 0 Å². The van der Waals surface area contributed by atoms with E-state index in [1.54, 1.807) is 10.7 Å². The second-order valence-corrected chi connectivity index (χ2v) is 3.65. The van der Waals surface area contributed by atoms with E-state index < -0.39 is 11.6 Å². The van der Waals surface area contributed by atoms with Crippen LogP contribution in [0, 0.1) is 11.6 Å². The van der Waals surface area contributed by atoms with Crippen molar-refractivity contribution in [3.05, 3.63) is 47.7 Å². The van der Waals surface area contributed by atoms with E-state index in [0.29, 0.717) is 5.82 Å². The summed E-state index contributed by atoms with van der Waals surface area (Å²) in [7, 11) is 0. The first-order valence-electron chi connectivity index (χ1n) is 5.40. The molecule has 1 aromatic carbocycles. The Balaban J connectivity index is 2.04. The summed E-state index contributed by atoms with van der Waals surface area (Å²) in [5.41, 5.74) is 0.288. The van der Waals surface area contributed by atoms with Crippen molar-refractivity contribution in [3.8, 4) is 0 Å². The number of aryl methyl sites for hydroxylation is 1. The molecule has 0 unspecified atom stereocenters. The molecule has 0 atom stereocenters. The van der Waals surface area contributed by atoms with Gasteiger partial charge in [-0.2, -0.15) is 5.10 Å². The molecule has 0 fully saturated rings. The average molecular weight is 237 g/mol. The smallest absolute Gasteiger partial charge is 0.148 e. The summed E-state index contributed by atoms with van der Waals surface area (Å²) in [5, 5.41) is 7.13. The van der Waals surface area contributed by atoms with E-state index in [0.717, 1.165) is 18.7 Å². The second-order valence-electron chi connectivity index (χ2n) is 3.65. The highest BCUT2D eigenvalue weighted by Gasteiger charge is 2.04. The fraction of sp³-hybridized carbons (Fsp3) is 0.250. The quantitative estimate of drug-likeness (QED) is 0.886. The molecule has 0 spiro atoms. The van der Waals surface area contributed by atoms with E-state index in [1.165, 1.54) is 6.07 Å². The van der Waals surface area contributed by atoms with Crippen LogP contribution in [0.15, 0.2) is 30.5 Å². The standard InChI is InChI=1S/C12H13F2N3/c1-2-17-6-5-12(16-17)15-8-9-7-10(13)3-4-11(9)14/h3-7H,2,8H2,1H3,(H,15,16). The van der Waals surface area contributed by atoms with Crippen molar-refractivity contribution < 1.29 is 8.78 Å². The summed E-state index contributed by atoms with van der Waals surface area (Å²) in [6.07, 6.45) is 1.82. The Morgan fingerprint density at radius 3 is 2.82 bits per heavy atom. The summed E-state index contributed by atoms with van der Waals surface area (Å²) in [6.45, 7) is 2.96. The van der Waals surface area contributed by atoms with Gasteiger partial charge >= 0.3 is 0 Å². The van der Waals surface area contributed by atoms with Crippen LogP contribution in [0.25, 0.3) is 0 Å². The Hall–Kier alpha value is -1.91. The lowest BCUT2D eigenvalue weighted by atomic mass is 10.2. The fourth-order valence-corrected chi connectivity index (χ4v) is 1.50. The predicted molar refractivity (Wildman–Crippen MR) is 61.6 cm³/mol. The van der Waals surface area contributed by atoms with Crippen LogP contribution in [-0.4, -0.2) is 9.78 Å². The Labute approximate surface area is 98.1 Å². The number of aromatic nitrogens is 2. The number of halogens is 2. The molecule has 5 heteroatoms. The maximum absolute atomic E-state index is 13.3. The molecule has 0 saturated heterocycles. The molecule has 1 N–H and O–H groups in total. The predicted octanol–water partition coefficient (Wildman–Crippen LogP) is 2.79. The van der Waals surface area contributed by atoms with Gasteiger partial charge in [-0.25, -0.2) is 8.78 Å². The van der Waals surface area contributed by atoms with Gasteiger partial charge in [0.2, 0.25) is 0 Å². The van der Waals surface area contributed by atoms with Gasteiger partial charge in [0, 0.05) is 30.9 Å². The van der Waals surface area contributed by atoms with Crippen LogP contribution in [0.4, 0.5) is 14.6 Å². The van der Waals surface area contributed by atoms with Gasteiger partial charge in [-0.1, -0.05) is 0 Å². The summed E-state index contributed by atoms with van der Waals surface area (Å²) in [6, 6.07) is 5.20. The van der Waals surface area contributed by atoms with Gasteiger partial charge < -0.3 is 5.32 Å². The first kappa shape index (κ1) is 11.6. The maximum atomic E-state index is 13.3. The summed E-state index contributed by atoms with van der Waals surface area (Å²) < 4.78 is 28.0. The Kier molecular flexibility index (Phi) is 3.37. The number of hydrogen-bond donors (Lipinski definition) is 1. The van der Waals surface area contributed by atoms with Crippen molar-refractivity contribution >= 4 is 5.82 Å². The van der Waals surface area contributed by atoms with Crippen LogP contribution in [0.3, 0.4) is 0 Å². The highest BCUT2D eigenvalue weighted by Crippen LogP contribution is 2.12. The lowest BCUT2D eigenvalue weighted by Crippen LogP contribution is -2.04. The second kappa shape index (κ2) is 4.95. The van der Waals surface area contributed by atoms with E-state index >= 15 is 0 Å². The monoisotopic (exact) mass is 237 g/mol. The van der Waals surface area contributed by atoms with Crippen LogP contribution in [-0.2, 0) is 13.1 Å². The fourth-order valence-electron chi connectivity index (χ4n) is 1.50. The van der Waals surface area contributed by atoms with Gasteiger partial charge in [-0.3, -0.25) is 4.68 Å². The molecule has 0 radical (unpaired) electrons. The van der Waals surface area contributed by atoms with Gasteiger partial charge in [-0.15, -0.1) is 0 Å². The number of nitrogens with zero attached hydrogens (tertiary/aromatic N) is 2. The van der Waals surface area contributed by atoms with E-state index in [1.807, 2.05) is 13.1 Å². The molecule has 0 amide bonds. The zero-order chi connectivity index (χ0) is 12.3.